The van der Waals surface area contributed by atoms with E-state index in [1.54, 1.807) is 0 Å². The highest BCUT2D eigenvalue weighted by Gasteiger charge is 2.27. The average Bonchev–Trinajstić information content (AvgIpc) is 2.41. The third kappa shape index (κ3) is 3.83. The Morgan fingerprint density at radius 3 is 2.83 bits per heavy atom. The van der Waals surface area contributed by atoms with Gasteiger partial charge in [0.2, 0.25) is 0 Å². The summed E-state index contributed by atoms with van der Waals surface area (Å²) in [4.78, 5) is 2.78. The van der Waals surface area contributed by atoms with Crippen LogP contribution >= 0.6 is 0 Å². The molecule has 0 amide bonds. The molecule has 1 N–H and O–H groups in total. The van der Waals surface area contributed by atoms with Crippen molar-refractivity contribution in [3.05, 3.63) is 12.2 Å². The van der Waals surface area contributed by atoms with Crippen LogP contribution in [0.1, 0.15) is 52.4 Å². The van der Waals surface area contributed by atoms with Gasteiger partial charge in [-0.05, 0) is 38.0 Å². The van der Waals surface area contributed by atoms with Gasteiger partial charge in [0.15, 0.2) is 0 Å². The van der Waals surface area contributed by atoms with Gasteiger partial charge in [-0.15, -0.1) is 0 Å². The second-order valence-electron chi connectivity index (χ2n) is 6.06. The largest absolute Gasteiger partial charge is 0.311 e. The number of hydrogen-bond acceptors (Lipinski definition) is 2. The molecule has 2 aliphatic rings. The highest BCUT2D eigenvalue weighted by atomic mass is 15.2. The fourth-order valence-corrected chi connectivity index (χ4v) is 3.45. The maximum absolute atomic E-state index is 3.73. The van der Waals surface area contributed by atoms with Gasteiger partial charge in [-0.1, -0.05) is 32.4 Å². The SMILES string of the molecule is CCCC1CN(CC2CC=CCC2)C(CC)CN1. The van der Waals surface area contributed by atoms with E-state index in [0.29, 0.717) is 0 Å². The standard InChI is InChI=1S/C16H30N2/c1-3-8-15-13-18(16(4-2)11-17-15)12-14-9-6-5-7-10-14/h5-6,14-17H,3-4,7-13H2,1-2H3. The first-order valence-electron chi connectivity index (χ1n) is 7.95. The molecule has 0 saturated carbocycles. The Bertz CT molecular complexity index is 262. The number of hydrogen-bond donors (Lipinski definition) is 1. The van der Waals surface area contributed by atoms with Crippen LogP contribution in [0.2, 0.25) is 0 Å². The van der Waals surface area contributed by atoms with Crippen molar-refractivity contribution in [1.29, 1.82) is 0 Å². The van der Waals surface area contributed by atoms with E-state index < -0.39 is 0 Å². The van der Waals surface area contributed by atoms with Crippen molar-refractivity contribution in [1.82, 2.24) is 10.2 Å². The van der Waals surface area contributed by atoms with Crippen molar-refractivity contribution in [3.63, 3.8) is 0 Å². The molecule has 0 spiro atoms. The first-order chi connectivity index (χ1) is 8.83. The van der Waals surface area contributed by atoms with Crippen molar-refractivity contribution < 1.29 is 0 Å². The molecular formula is C16H30N2. The minimum atomic E-state index is 0.733. The van der Waals surface area contributed by atoms with Crippen LogP contribution in [0, 0.1) is 5.92 Å². The molecule has 1 fully saturated rings. The average molecular weight is 250 g/mol. The molecule has 0 aromatic carbocycles. The number of nitrogens with one attached hydrogen (secondary N) is 1. The summed E-state index contributed by atoms with van der Waals surface area (Å²) in [7, 11) is 0. The lowest BCUT2D eigenvalue weighted by atomic mass is 9.92. The number of nitrogens with zero attached hydrogens (tertiary/aromatic N) is 1. The van der Waals surface area contributed by atoms with Gasteiger partial charge in [0, 0.05) is 31.7 Å². The third-order valence-electron chi connectivity index (χ3n) is 4.59. The molecule has 1 aliphatic carbocycles. The van der Waals surface area contributed by atoms with Crippen molar-refractivity contribution in [2.75, 3.05) is 19.6 Å². The monoisotopic (exact) mass is 250 g/mol. The van der Waals surface area contributed by atoms with Gasteiger partial charge in [-0.3, -0.25) is 4.90 Å². The quantitative estimate of drug-likeness (QED) is 0.754. The summed E-state index contributed by atoms with van der Waals surface area (Å²) >= 11 is 0. The van der Waals surface area contributed by atoms with E-state index in [0.717, 1.165) is 18.0 Å². The molecule has 1 heterocycles. The summed E-state index contributed by atoms with van der Waals surface area (Å²) in [5.74, 6) is 0.907. The van der Waals surface area contributed by atoms with E-state index in [1.807, 2.05) is 0 Å². The Morgan fingerprint density at radius 2 is 2.17 bits per heavy atom. The summed E-state index contributed by atoms with van der Waals surface area (Å²) in [6.45, 7) is 8.42. The molecule has 0 aromatic rings. The second kappa shape index (κ2) is 7.30. The van der Waals surface area contributed by atoms with E-state index in [9.17, 15) is 0 Å². The molecule has 2 nitrogen and oxygen atoms in total. The Morgan fingerprint density at radius 1 is 1.28 bits per heavy atom. The van der Waals surface area contributed by atoms with Crippen LogP contribution < -0.4 is 5.32 Å². The predicted molar refractivity (Wildman–Crippen MR) is 78.8 cm³/mol. The van der Waals surface area contributed by atoms with Crippen LogP contribution in [0.3, 0.4) is 0 Å². The van der Waals surface area contributed by atoms with Crippen LogP contribution in [0.25, 0.3) is 0 Å². The summed E-state index contributed by atoms with van der Waals surface area (Å²) in [6, 6.07) is 1.50. The maximum Gasteiger partial charge on any atom is 0.0218 e. The lowest BCUT2D eigenvalue weighted by Crippen LogP contribution is -2.57. The normalized spacial score (nSPS) is 33.8. The van der Waals surface area contributed by atoms with Crippen molar-refractivity contribution in [3.8, 4) is 0 Å². The Hall–Kier alpha value is -0.340. The first kappa shape index (κ1) is 14.1. The smallest absolute Gasteiger partial charge is 0.0218 e. The van der Waals surface area contributed by atoms with E-state index in [4.69, 9.17) is 0 Å². The molecule has 18 heavy (non-hydrogen) atoms. The lowest BCUT2D eigenvalue weighted by Gasteiger charge is -2.42. The van der Waals surface area contributed by atoms with Gasteiger partial charge in [0.05, 0.1) is 0 Å². The molecule has 0 aromatic heterocycles. The highest BCUT2D eigenvalue weighted by Crippen LogP contribution is 2.22. The van der Waals surface area contributed by atoms with Gasteiger partial charge >= 0.3 is 0 Å². The number of piperazine rings is 1. The molecule has 0 bridgehead atoms. The summed E-state index contributed by atoms with van der Waals surface area (Å²) in [5, 5.41) is 3.73. The first-order valence-corrected chi connectivity index (χ1v) is 7.95. The molecular weight excluding hydrogens is 220 g/mol. The number of rotatable bonds is 5. The minimum absolute atomic E-state index is 0.733. The Kier molecular flexibility index (Phi) is 5.71. The molecule has 2 heteroatoms. The zero-order valence-electron chi connectivity index (χ0n) is 12.2. The molecule has 1 saturated heterocycles. The van der Waals surface area contributed by atoms with Crippen molar-refractivity contribution in [2.45, 2.75) is 64.5 Å². The maximum atomic E-state index is 3.73. The van der Waals surface area contributed by atoms with Crippen LogP contribution in [0.15, 0.2) is 12.2 Å². The Labute approximate surface area is 113 Å². The highest BCUT2D eigenvalue weighted by molar-refractivity contribution is 4.93. The van der Waals surface area contributed by atoms with E-state index in [-0.39, 0.29) is 0 Å². The minimum Gasteiger partial charge on any atom is -0.311 e. The van der Waals surface area contributed by atoms with Gasteiger partial charge < -0.3 is 5.32 Å². The van der Waals surface area contributed by atoms with Crippen LogP contribution in [-0.4, -0.2) is 36.6 Å². The fraction of sp³-hybridized carbons (Fsp3) is 0.875. The topological polar surface area (TPSA) is 15.3 Å². The third-order valence-corrected chi connectivity index (χ3v) is 4.59. The fourth-order valence-electron chi connectivity index (χ4n) is 3.45. The van der Waals surface area contributed by atoms with E-state index in [1.165, 1.54) is 58.2 Å². The van der Waals surface area contributed by atoms with Crippen LogP contribution in [0.5, 0.6) is 0 Å². The summed E-state index contributed by atoms with van der Waals surface area (Å²) < 4.78 is 0. The van der Waals surface area contributed by atoms with Crippen LogP contribution in [0.4, 0.5) is 0 Å². The van der Waals surface area contributed by atoms with Gasteiger partial charge in [-0.2, -0.15) is 0 Å². The lowest BCUT2D eigenvalue weighted by molar-refractivity contribution is 0.101. The summed E-state index contributed by atoms with van der Waals surface area (Å²) in [5.41, 5.74) is 0. The zero-order chi connectivity index (χ0) is 12.8. The van der Waals surface area contributed by atoms with Crippen molar-refractivity contribution in [2.24, 2.45) is 5.92 Å². The molecule has 0 radical (unpaired) electrons. The molecule has 3 atom stereocenters. The van der Waals surface area contributed by atoms with Gasteiger partial charge in [0.1, 0.15) is 0 Å². The second-order valence-corrected chi connectivity index (χ2v) is 6.06. The van der Waals surface area contributed by atoms with E-state index >= 15 is 0 Å². The summed E-state index contributed by atoms with van der Waals surface area (Å²) in [6.07, 6.45) is 12.7. The van der Waals surface area contributed by atoms with Gasteiger partial charge in [-0.25, -0.2) is 0 Å². The molecule has 2 rings (SSSR count). The van der Waals surface area contributed by atoms with Crippen LogP contribution in [-0.2, 0) is 0 Å². The molecule has 104 valence electrons. The zero-order valence-corrected chi connectivity index (χ0v) is 12.2. The molecule has 1 aliphatic heterocycles. The Balaban J connectivity index is 1.86. The molecule has 3 unspecified atom stereocenters. The number of allylic oxidation sites excluding steroid dienone is 2. The van der Waals surface area contributed by atoms with E-state index in [2.05, 4.69) is 36.2 Å². The van der Waals surface area contributed by atoms with Gasteiger partial charge in [0.25, 0.3) is 0 Å². The van der Waals surface area contributed by atoms with Crippen molar-refractivity contribution >= 4 is 0 Å². The predicted octanol–water partition coefficient (Wildman–Crippen LogP) is 3.20.